The summed E-state index contributed by atoms with van der Waals surface area (Å²) in [7, 11) is 0. The van der Waals surface area contributed by atoms with Crippen LogP contribution in [0.5, 0.6) is 0 Å². The van der Waals surface area contributed by atoms with Crippen molar-refractivity contribution in [2.45, 2.75) is 38.6 Å². The monoisotopic (exact) mass is 121 g/mol. The minimum atomic E-state index is -0.657. The molecule has 1 heteroatoms. The topological polar surface area (TPSA) is 12.0 Å². The zero-order valence-electron chi connectivity index (χ0n) is 9.17. The molecule has 1 N–H and O–H groups in total. The third kappa shape index (κ3) is 1.83. The summed E-state index contributed by atoms with van der Waals surface area (Å²) >= 11 is 0. The molecule has 1 fully saturated rings. The maximum atomic E-state index is 7.62. The van der Waals surface area contributed by atoms with Crippen molar-refractivity contribution in [3.8, 4) is 0 Å². The summed E-state index contributed by atoms with van der Waals surface area (Å²) in [5, 5.41) is 1.33. The summed E-state index contributed by atoms with van der Waals surface area (Å²) in [5.74, 6) is 0. The average molecular weight is 121 g/mol. The predicted octanol–water partition coefficient (Wildman–Crippen LogP) is 1.54. The van der Waals surface area contributed by atoms with Gasteiger partial charge in [0.1, 0.15) is 1.41 Å². The van der Waals surface area contributed by atoms with Crippen LogP contribution in [0.15, 0.2) is 0 Å². The summed E-state index contributed by atoms with van der Waals surface area (Å²) in [6.07, 6.45) is -1.23. The van der Waals surface area contributed by atoms with Gasteiger partial charge in [-0.3, -0.25) is 0 Å². The van der Waals surface area contributed by atoms with Gasteiger partial charge in [0.2, 0.25) is 0 Å². The van der Waals surface area contributed by atoms with E-state index in [1.54, 1.807) is 6.92 Å². The van der Waals surface area contributed by atoms with Crippen molar-refractivity contribution in [3.05, 3.63) is 0 Å². The van der Waals surface area contributed by atoms with Crippen molar-refractivity contribution in [3.63, 3.8) is 0 Å². The molecule has 0 bridgehead atoms. The fraction of sp³-hybridized carbons (Fsp3) is 1.00. The Morgan fingerprint density at radius 3 is 3.50 bits per heavy atom. The van der Waals surface area contributed by atoms with Crippen LogP contribution in [0.1, 0.15) is 36.6 Å². The lowest BCUT2D eigenvalue weighted by atomic mass is 10.1. The highest BCUT2D eigenvalue weighted by Crippen LogP contribution is 2.06. The molecule has 1 aliphatic rings. The quantitative estimate of drug-likeness (QED) is 0.512. The summed E-state index contributed by atoms with van der Waals surface area (Å²) in [6.45, 7) is 2.30. The summed E-state index contributed by atoms with van der Waals surface area (Å²) < 4.78 is 30.2. The van der Waals surface area contributed by atoms with Gasteiger partial charge in [-0.1, -0.05) is 12.8 Å². The lowest BCUT2D eigenvalue weighted by molar-refractivity contribution is 0.550. The Hall–Kier alpha value is -0.0400. The zero-order valence-corrected chi connectivity index (χ0v) is 5.17. The standard InChI is InChI=1S/C7H15N/c1-7-5-3-2-4-6-8-7/h7-8H,2-6H2,1H3/i2T,3T,5T/hT/t2-,3?,5?,7?/m1/s1. The third-order valence-corrected chi connectivity index (χ3v) is 1.24. The summed E-state index contributed by atoms with van der Waals surface area (Å²) in [6, 6.07) is -0.220. The van der Waals surface area contributed by atoms with Crippen molar-refractivity contribution >= 4 is 0 Å². The molecule has 0 radical (unpaired) electrons. The second kappa shape index (κ2) is 3.08. The van der Waals surface area contributed by atoms with E-state index in [4.69, 9.17) is 5.52 Å². The molecule has 1 saturated heterocycles. The molecular weight excluding hydrogens is 98.1 g/mol. The number of rotatable bonds is 0. The van der Waals surface area contributed by atoms with Crippen LogP contribution in [0, 0.1) is 0 Å². The first-order valence-corrected chi connectivity index (χ1v) is 3.06. The Morgan fingerprint density at radius 2 is 2.62 bits per heavy atom. The molecule has 3 unspecified atom stereocenters. The van der Waals surface area contributed by atoms with Crippen LogP contribution >= 0.6 is 0 Å². The largest absolute Gasteiger partial charge is 0.314 e. The van der Waals surface area contributed by atoms with E-state index in [1.807, 2.05) is 0 Å². The molecule has 0 aliphatic carbocycles. The van der Waals surface area contributed by atoms with Crippen LogP contribution in [0.4, 0.5) is 0 Å². The lowest BCUT2D eigenvalue weighted by Gasteiger charge is -2.06. The smallest absolute Gasteiger partial charge is 0.122 e. The molecule has 0 aromatic rings. The van der Waals surface area contributed by atoms with Gasteiger partial charge in [0.25, 0.3) is 0 Å². The molecule has 0 spiro atoms. The highest BCUT2D eigenvalue weighted by atomic mass is 14.9. The minimum Gasteiger partial charge on any atom is -0.314 e. The van der Waals surface area contributed by atoms with Gasteiger partial charge >= 0.3 is 0 Å². The maximum Gasteiger partial charge on any atom is 0.122 e. The fourth-order valence-corrected chi connectivity index (χ4v) is 0.749. The van der Waals surface area contributed by atoms with Crippen LogP contribution in [0.2, 0.25) is 1.41 Å². The predicted molar refractivity (Wildman–Crippen MR) is 35.9 cm³/mol. The Morgan fingerprint density at radius 1 is 1.75 bits per heavy atom. The normalized spacial score (nSPS) is 69.1. The summed E-state index contributed by atoms with van der Waals surface area (Å²) in [4.78, 5) is 0. The molecule has 1 aliphatic heterocycles. The molecule has 0 saturated carbocycles. The molecule has 0 aromatic heterocycles. The number of nitrogens with one attached hydrogen (secondary N) is 1. The number of hydrogen-bond donors (Lipinski definition) is 1. The molecule has 1 heterocycles. The molecule has 1 nitrogen and oxygen atoms in total. The van der Waals surface area contributed by atoms with Crippen molar-refractivity contribution in [1.82, 2.24) is 5.31 Å². The van der Waals surface area contributed by atoms with E-state index in [9.17, 15) is 0 Å². The van der Waals surface area contributed by atoms with Gasteiger partial charge in [0.15, 0.2) is 0 Å². The van der Waals surface area contributed by atoms with Crippen LogP contribution in [0.25, 0.3) is 0 Å². The van der Waals surface area contributed by atoms with Crippen LogP contribution in [-0.4, -0.2) is 12.6 Å². The molecule has 8 heavy (non-hydrogen) atoms. The van der Waals surface area contributed by atoms with Gasteiger partial charge in [-0.25, -0.2) is 0 Å². The Bertz CT molecular complexity index is 138. The van der Waals surface area contributed by atoms with Crippen molar-refractivity contribution in [2.24, 2.45) is 0 Å². The molecule has 0 aromatic carbocycles. The fourth-order valence-electron chi connectivity index (χ4n) is 0.749. The van der Waals surface area contributed by atoms with E-state index in [0.29, 0.717) is 13.0 Å². The van der Waals surface area contributed by atoms with Crippen LogP contribution in [-0.2, 0) is 0 Å². The highest BCUT2D eigenvalue weighted by Gasteiger charge is 2.03. The van der Waals surface area contributed by atoms with Gasteiger partial charge in [0.05, 0.1) is 0 Å². The minimum absolute atomic E-state index is 0.220. The van der Waals surface area contributed by atoms with Crippen molar-refractivity contribution in [1.29, 1.82) is 0 Å². The summed E-state index contributed by atoms with van der Waals surface area (Å²) in [5.41, 5.74) is 0. The van der Waals surface area contributed by atoms with Gasteiger partial charge < -0.3 is 5.31 Å². The Labute approximate surface area is 57.2 Å². The first-order chi connectivity index (χ1) is 5.54. The van der Waals surface area contributed by atoms with Crippen molar-refractivity contribution in [2.75, 3.05) is 6.54 Å². The second-order valence-corrected chi connectivity index (χ2v) is 2.06. The van der Waals surface area contributed by atoms with Crippen molar-refractivity contribution < 1.29 is 5.52 Å². The molecule has 0 amide bonds. The number of hydrogen-bond acceptors (Lipinski definition) is 1. The van der Waals surface area contributed by atoms with Gasteiger partial charge in [-0.2, -0.15) is 0 Å². The zero-order chi connectivity index (χ0) is 9.30. The van der Waals surface area contributed by atoms with Gasteiger partial charge in [-0.05, 0) is 26.3 Å². The van der Waals surface area contributed by atoms with E-state index in [1.165, 1.54) is 5.31 Å². The van der Waals surface area contributed by atoms with Gasteiger partial charge in [0, 0.05) is 10.2 Å². The lowest BCUT2D eigenvalue weighted by Crippen LogP contribution is -2.24. The Balaban J connectivity index is 2.68. The first-order valence-electron chi connectivity index (χ1n) is 5.24. The highest BCUT2D eigenvalue weighted by molar-refractivity contribution is 4.64. The first kappa shape index (κ1) is 2.70. The maximum absolute atomic E-state index is 7.62. The SMILES string of the molecule is [3H]C1C([3H])[C@@H]([3H])CCN([3H])C1C. The van der Waals surface area contributed by atoms with E-state index in [0.717, 1.165) is 0 Å². The third-order valence-electron chi connectivity index (χ3n) is 1.24. The van der Waals surface area contributed by atoms with Crippen LogP contribution < -0.4 is 5.31 Å². The molecule has 48 valence electrons. The molecule has 4 atom stereocenters. The van der Waals surface area contributed by atoms with E-state index in [-0.39, 0.29) is 6.04 Å². The second-order valence-electron chi connectivity index (χ2n) is 2.06. The van der Waals surface area contributed by atoms with E-state index < -0.39 is 19.2 Å². The van der Waals surface area contributed by atoms with Gasteiger partial charge in [-0.15, -0.1) is 0 Å². The van der Waals surface area contributed by atoms with Crippen LogP contribution in [0.3, 0.4) is 0 Å². The van der Waals surface area contributed by atoms with E-state index >= 15 is 0 Å². The Kier molecular flexibility index (Phi) is 1.04. The molecule has 1 rings (SSSR count). The average Bonchev–Trinajstić information content (AvgIpc) is 2.14. The van der Waals surface area contributed by atoms with E-state index in [2.05, 4.69) is 0 Å². The molecular formula is C7H15N.